The zero-order valence-corrected chi connectivity index (χ0v) is 9.45. The predicted molar refractivity (Wildman–Crippen MR) is 58.8 cm³/mol. The van der Waals surface area contributed by atoms with Gasteiger partial charge in [0.2, 0.25) is 0 Å². The number of ether oxygens (including phenoxy) is 1. The van der Waals surface area contributed by atoms with Gasteiger partial charge < -0.3 is 14.5 Å². The number of hydrogen-bond acceptors (Lipinski definition) is 3. The van der Waals surface area contributed by atoms with E-state index in [0.717, 1.165) is 31.8 Å². The lowest BCUT2D eigenvalue weighted by Gasteiger charge is -2.29. The molecule has 2 heterocycles. The van der Waals surface area contributed by atoms with Crippen molar-refractivity contribution in [3.05, 3.63) is 23.7 Å². The number of nitrogens with one attached hydrogen (secondary N) is 1. The average molecular weight is 209 g/mol. The molecule has 1 aromatic rings. The number of hydrogen-bond donors (Lipinski definition) is 1. The third-order valence-electron chi connectivity index (χ3n) is 3.28. The Balaban J connectivity index is 2.12. The van der Waals surface area contributed by atoms with Gasteiger partial charge in [0.05, 0.1) is 6.26 Å². The highest BCUT2D eigenvalue weighted by molar-refractivity contribution is 5.21. The van der Waals surface area contributed by atoms with Crippen molar-refractivity contribution in [3.63, 3.8) is 0 Å². The Morgan fingerprint density at radius 2 is 2.13 bits per heavy atom. The second kappa shape index (κ2) is 4.81. The quantitative estimate of drug-likeness (QED) is 0.829. The smallest absolute Gasteiger partial charge is 0.105 e. The summed E-state index contributed by atoms with van der Waals surface area (Å²) >= 11 is 0. The van der Waals surface area contributed by atoms with Crippen LogP contribution in [-0.4, -0.2) is 20.3 Å². The monoisotopic (exact) mass is 209 g/mol. The predicted octanol–water partition coefficient (Wildman–Crippen LogP) is 2.28. The molecule has 15 heavy (non-hydrogen) atoms. The van der Waals surface area contributed by atoms with E-state index < -0.39 is 0 Å². The lowest BCUT2D eigenvalue weighted by atomic mass is 9.87. The molecule has 0 aromatic carbocycles. The van der Waals surface area contributed by atoms with Crippen LogP contribution in [0.4, 0.5) is 0 Å². The summed E-state index contributed by atoms with van der Waals surface area (Å²) in [5.41, 5.74) is 1.30. The van der Waals surface area contributed by atoms with Crippen LogP contribution in [0.1, 0.15) is 30.2 Å². The molecule has 0 amide bonds. The fourth-order valence-electron chi connectivity index (χ4n) is 2.41. The van der Waals surface area contributed by atoms with Crippen LogP contribution in [0.3, 0.4) is 0 Å². The van der Waals surface area contributed by atoms with Gasteiger partial charge in [0.15, 0.2) is 0 Å². The van der Waals surface area contributed by atoms with E-state index in [1.165, 1.54) is 5.56 Å². The van der Waals surface area contributed by atoms with Crippen LogP contribution < -0.4 is 5.32 Å². The van der Waals surface area contributed by atoms with Gasteiger partial charge in [-0.05, 0) is 38.8 Å². The van der Waals surface area contributed by atoms with Gasteiger partial charge in [-0.15, -0.1) is 0 Å². The number of furan rings is 1. The van der Waals surface area contributed by atoms with Gasteiger partial charge >= 0.3 is 0 Å². The van der Waals surface area contributed by atoms with Crippen molar-refractivity contribution in [3.8, 4) is 0 Å². The molecule has 0 saturated carbocycles. The third-order valence-corrected chi connectivity index (χ3v) is 3.28. The van der Waals surface area contributed by atoms with Crippen molar-refractivity contribution < 1.29 is 9.15 Å². The Labute approximate surface area is 90.8 Å². The lowest BCUT2D eigenvalue weighted by molar-refractivity contribution is 0.0544. The van der Waals surface area contributed by atoms with Crippen LogP contribution in [0, 0.1) is 12.8 Å². The van der Waals surface area contributed by atoms with Gasteiger partial charge in [-0.2, -0.15) is 0 Å². The normalized spacial score (nSPS) is 20.4. The van der Waals surface area contributed by atoms with E-state index in [0.29, 0.717) is 12.0 Å². The van der Waals surface area contributed by atoms with Crippen LogP contribution in [0.5, 0.6) is 0 Å². The van der Waals surface area contributed by atoms with Gasteiger partial charge in [-0.25, -0.2) is 0 Å². The van der Waals surface area contributed by atoms with Gasteiger partial charge in [0.25, 0.3) is 0 Å². The largest absolute Gasteiger partial charge is 0.469 e. The minimum Gasteiger partial charge on any atom is -0.469 e. The minimum atomic E-state index is 0.410. The SMILES string of the molecule is CNC(c1ccoc1C)C1CCOCC1. The van der Waals surface area contributed by atoms with Gasteiger partial charge in [-0.1, -0.05) is 0 Å². The molecule has 1 saturated heterocycles. The maximum atomic E-state index is 5.39. The highest BCUT2D eigenvalue weighted by atomic mass is 16.5. The summed E-state index contributed by atoms with van der Waals surface area (Å²) in [4.78, 5) is 0. The molecule has 0 radical (unpaired) electrons. The second-order valence-corrected chi connectivity index (χ2v) is 4.15. The zero-order chi connectivity index (χ0) is 10.7. The van der Waals surface area contributed by atoms with E-state index in [2.05, 4.69) is 11.4 Å². The molecule has 1 fully saturated rings. The Kier molecular flexibility index (Phi) is 3.44. The zero-order valence-electron chi connectivity index (χ0n) is 9.45. The molecule has 2 rings (SSSR count). The lowest BCUT2D eigenvalue weighted by Crippen LogP contribution is -2.30. The van der Waals surface area contributed by atoms with Crippen molar-refractivity contribution >= 4 is 0 Å². The maximum Gasteiger partial charge on any atom is 0.105 e. The van der Waals surface area contributed by atoms with Crippen LogP contribution in [0.25, 0.3) is 0 Å². The number of aryl methyl sites for hydroxylation is 1. The van der Waals surface area contributed by atoms with E-state index in [-0.39, 0.29) is 0 Å². The van der Waals surface area contributed by atoms with Crippen molar-refractivity contribution in [1.29, 1.82) is 0 Å². The Morgan fingerprint density at radius 1 is 1.40 bits per heavy atom. The standard InChI is InChI=1S/C12H19NO2/c1-9-11(5-8-15-9)12(13-2)10-3-6-14-7-4-10/h5,8,10,12-13H,3-4,6-7H2,1-2H3. The highest BCUT2D eigenvalue weighted by Gasteiger charge is 2.26. The molecule has 84 valence electrons. The molecule has 1 unspecified atom stereocenters. The summed E-state index contributed by atoms with van der Waals surface area (Å²) in [6, 6.07) is 2.49. The van der Waals surface area contributed by atoms with Crippen LogP contribution in [0.15, 0.2) is 16.7 Å². The van der Waals surface area contributed by atoms with Crippen molar-refractivity contribution in [1.82, 2.24) is 5.32 Å². The fraction of sp³-hybridized carbons (Fsp3) is 0.667. The van der Waals surface area contributed by atoms with Gasteiger partial charge in [-0.3, -0.25) is 0 Å². The maximum absolute atomic E-state index is 5.39. The summed E-state index contributed by atoms with van der Waals surface area (Å²) in [5, 5.41) is 3.40. The molecule has 3 nitrogen and oxygen atoms in total. The molecule has 1 aliphatic heterocycles. The van der Waals surface area contributed by atoms with Crippen molar-refractivity contribution in [2.45, 2.75) is 25.8 Å². The Morgan fingerprint density at radius 3 is 2.67 bits per heavy atom. The first kappa shape index (κ1) is 10.7. The molecule has 1 aromatic heterocycles. The first-order valence-corrected chi connectivity index (χ1v) is 5.62. The molecule has 0 aliphatic carbocycles. The molecular weight excluding hydrogens is 190 g/mol. The molecule has 1 atom stereocenters. The molecule has 1 aliphatic rings. The van der Waals surface area contributed by atoms with Crippen LogP contribution in [-0.2, 0) is 4.74 Å². The van der Waals surface area contributed by atoms with Crippen LogP contribution >= 0.6 is 0 Å². The Bertz CT molecular complexity index is 302. The molecule has 1 N–H and O–H groups in total. The molecule has 3 heteroatoms. The second-order valence-electron chi connectivity index (χ2n) is 4.15. The number of rotatable bonds is 3. The van der Waals surface area contributed by atoms with Gasteiger partial charge in [0, 0.05) is 24.8 Å². The van der Waals surface area contributed by atoms with Gasteiger partial charge in [0.1, 0.15) is 5.76 Å². The molecule has 0 bridgehead atoms. The first-order valence-electron chi connectivity index (χ1n) is 5.62. The summed E-state index contributed by atoms with van der Waals surface area (Å²) in [6.45, 7) is 3.80. The van der Waals surface area contributed by atoms with E-state index in [9.17, 15) is 0 Å². The topological polar surface area (TPSA) is 34.4 Å². The molecule has 0 spiro atoms. The highest BCUT2D eigenvalue weighted by Crippen LogP contribution is 2.31. The van der Waals surface area contributed by atoms with Crippen molar-refractivity contribution in [2.75, 3.05) is 20.3 Å². The van der Waals surface area contributed by atoms with Crippen molar-refractivity contribution in [2.24, 2.45) is 5.92 Å². The fourth-order valence-corrected chi connectivity index (χ4v) is 2.41. The average Bonchev–Trinajstić information content (AvgIpc) is 2.68. The summed E-state index contributed by atoms with van der Waals surface area (Å²) in [6.07, 6.45) is 4.04. The van der Waals surface area contributed by atoms with E-state index in [4.69, 9.17) is 9.15 Å². The summed E-state index contributed by atoms with van der Waals surface area (Å²) in [5.74, 6) is 1.70. The first-order chi connectivity index (χ1) is 7.33. The van der Waals surface area contributed by atoms with E-state index in [1.807, 2.05) is 14.0 Å². The van der Waals surface area contributed by atoms with Crippen LogP contribution in [0.2, 0.25) is 0 Å². The summed E-state index contributed by atoms with van der Waals surface area (Å²) in [7, 11) is 2.02. The van der Waals surface area contributed by atoms with E-state index in [1.54, 1.807) is 6.26 Å². The minimum absolute atomic E-state index is 0.410. The molecular formula is C12H19NO2. The third kappa shape index (κ3) is 2.24. The van der Waals surface area contributed by atoms with E-state index >= 15 is 0 Å². The summed E-state index contributed by atoms with van der Waals surface area (Å²) < 4.78 is 10.8. The Hall–Kier alpha value is -0.800.